The Balaban J connectivity index is 1.72. The highest BCUT2D eigenvalue weighted by Gasteiger charge is 2.28. The van der Waals surface area contributed by atoms with Crippen molar-refractivity contribution in [3.05, 3.63) is 23.8 Å². The third-order valence-corrected chi connectivity index (χ3v) is 4.10. The highest BCUT2D eigenvalue weighted by molar-refractivity contribution is 5.41. The standard InChI is InChI=1S/C17H27NO3/c1-17(2)11-13(7-9-21-17)6-8-18-12-14-4-5-15(19)16(10-14)20-3/h4-5,10,13,18-19H,6-9,11-12H2,1-3H3/t13-/m0/s1. The summed E-state index contributed by atoms with van der Waals surface area (Å²) in [6.07, 6.45) is 3.49. The van der Waals surface area contributed by atoms with E-state index >= 15 is 0 Å². The Bertz CT molecular complexity index is 459. The number of hydrogen-bond acceptors (Lipinski definition) is 4. The fourth-order valence-corrected chi connectivity index (χ4v) is 2.98. The molecule has 0 amide bonds. The van der Waals surface area contributed by atoms with Gasteiger partial charge in [-0.05, 0) is 63.3 Å². The minimum absolute atomic E-state index is 0.0350. The van der Waals surface area contributed by atoms with Crippen LogP contribution >= 0.6 is 0 Å². The summed E-state index contributed by atoms with van der Waals surface area (Å²) in [6, 6.07) is 5.47. The van der Waals surface area contributed by atoms with Gasteiger partial charge in [0.25, 0.3) is 0 Å². The first kappa shape index (κ1) is 16.1. The van der Waals surface area contributed by atoms with Gasteiger partial charge < -0.3 is 19.9 Å². The summed E-state index contributed by atoms with van der Waals surface area (Å²) in [4.78, 5) is 0. The predicted octanol–water partition coefficient (Wildman–Crippen LogP) is 3.09. The van der Waals surface area contributed by atoms with E-state index in [1.807, 2.05) is 12.1 Å². The van der Waals surface area contributed by atoms with Crippen molar-refractivity contribution in [3.63, 3.8) is 0 Å². The van der Waals surface area contributed by atoms with Crippen LogP contribution in [0.4, 0.5) is 0 Å². The van der Waals surface area contributed by atoms with Crippen molar-refractivity contribution in [2.75, 3.05) is 20.3 Å². The highest BCUT2D eigenvalue weighted by Crippen LogP contribution is 2.30. The van der Waals surface area contributed by atoms with Crippen molar-refractivity contribution >= 4 is 0 Å². The molecule has 1 aromatic rings. The maximum atomic E-state index is 9.57. The molecule has 1 aromatic carbocycles. The molecule has 0 aromatic heterocycles. The second-order valence-corrected chi connectivity index (χ2v) is 6.44. The number of aromatic hydroxyl groups is 1. The lowest BCUT2D eigenvalue weighted by Gasteiger charge is -2.35. The maximum absolute atomic E-state index is 9.57. The number of phenolic OH excluding ortho intramolecular Hbond substituents is 1. The van der Waals surface area contributed by atoms with Crippen LogP contribution in [0.5, 0.6) is 11.5 Å². The normalized spacial score (nSPS) is 21.2. The Kier molecular flexibility index (Phi) is 5.48. The lowest BCUT2D eigenvalue weighted by atomic mass is 9.86. The Morgan fingerprint density at radius 2 is 2.24 bits per heavy atom. The number of nitrogens with one attached hydrogen (secondary N) is 1. The van der Waals surface area contributed by atoms with Gasteiger partial charge in [0.15, 0.2) is 11.5 Å². The molecule has 4 nitrogen and oxygen atoms in total. The maximum Gasteiger partial charge on any atom is 0.160 e. The number of phenols is 1. The van der Waals surface area contributed by atoms with E-state index in [2.05, 4.69) is 19.2 Å². The van der Waals surface area contributed by atoms with E-state index in [4.69, 9.17) is 9.47 Å². The quantitative estimate of drug-likeness (QED) is 0.791. The van der Waals surface area contributed by atoms with Crippen LogP contribution in [-0.2, 0) is 11.3 Å². The molecule has 0 saturated carbocycles. The minimum atomic E-state index is 0.0350. The molecule has 118 valence electrons. The average molecular weight is 293 g/mol. The Hall–Kier alpha value is -1.26. The molecule has 0 unspecified atom stereocenters. The number of rotatable bonds is 6. The summed E-state index contributed by atoms with van der Waals surface area (Å²) >= 11 is 0. The van der Waals surface area contributed by atoms with Crippen molar-refractivity contribution in [2.24, 2.45) is 5.92 Å². The second-order valence-electron chi connectivity index (χ2n) is 6.44. The average Bonchev–Trinajstić information content (AvgIpc) is 2.44. The van der Waals surface area contributed by atoms with Gasteiger partial charge in [0.2, 0.25) is 0 Å². The third-order valence-electron chi connectivity index (χ3n) is 4.10. The van der Waals surface area contributed by atoms with Crippen molar-refractivity contribution in [2.45, 2.75) is 45.3 Å². The Morgan fingerprint density at radius 1 is 1.43 bits per heavy atom. The Labute approximate surface area is 127 Å². The second kappa shape index (κ2) is 7.14. The molecule has 1 fully saturated rings. The van der Waals surface area contributed by atoms with Crippen LogP contribution in [0.3, 0.4) is 0 Å². The van der Waals surface area contributed by atoms with Gasteiger partial charge in [0, 0.05) is 13.2 Å². The lowest BCUT2D eigenvalue weighted by Crippen LogP contribution is -2.35. The molecule has 2 N–H and O–H groups in total. The number of ether oxygens (including phenoxy) is 2. The molecule has 1 heterocycles. The molecular formula is C17H27NO3. The molecule has 0 spiro atoms. The van der Waals surface area contributed by atoms with Crippen LogP contribution < -0.4 is 10.1 Å². The monoisotopic (exact) mass is 293 g/mol. The van der Waals surface area contributed by atoms with Gasteiger partial charge in [-0.25, -0.2) is 0 Å². The first-order valence-corrected chi connectivity index (χ1v) is 7.71. The molecule has 1 aliphatic heterocycles. The highest BCUT2D eigenvalue weighted by atomic mass is 16.5. The third kappa shape index (κ3) is 4.90. The molecule has 0 bridgehead atoms. The van der Waals surface area contributed by atoms with E-state index in [9.17, 15) is 5.11 Å². The molecule has 4 heteroatoms. The fourth-order valence-electron chi connectivity index (χ4n) is 2.98. The zero-order valence-corrected chi connectivity index (χ0v) is 13.3. The van der Waals surface area contributed by atoms with Crippen molar-refractivity contribution in [1.29, 1.82) is 0 Å². The van der Waals surface area contributed by atoms with Gasteiger partial charge in [-0.15, -0.1) is 0 Å². The molecule has 0 radical (unpaired) electrons. The van der Waals surface area contributed by atoms with Gasteiger partial charge in [-0.1, -0.05) is 6.07 Å². The van der Waals surface area contributed by atoms with Crippen molar-refractivity contribution in [3.8, 4) is 11.5 Å². The molecule has 2 rings (SSSR count). The van der Waals surface area contributed by atoms with Gasteiger partial charge in [-0.2, -0.15) is 0 Å². The molecule has 1 aliphatic rings. The SMILES string of the molecule is COc1cc(CNCC[C@H]2CCOC(C)(C)C2)ccc1O. The summed E-state index contributed by atoms with van der Waals surface area (Å²) in [7, 11) is 1.57. The predicted molar refractivity (Wildman–Crippen MR) is 83.7 cm³/mol. The number of methoxy groups -OCH3 is 1. The Morgan fingerprint density at radius 3 is 2.95 bits per heavy atom. The molecule has 0 aliphatic carbocycles. The van der Waals surface area contributed by atoms with Crippen LogP contribution in [-0.4, -0.2) is 31.0 Å². The van der Waals surface area contributed by atoms with E-state index in [1.165, 1.54) is 6.42 Å². The smallest absolute Gasteiger partial charge is 0.160 e. The zero-order valence-electron chi connectivity index (χ0n) is 13.3. The van der Waals surface area contributed by atoms with Crippen molar-refractivity contribution in [1.82, 2.24) is 5.32 Å². The number of benzene rings is 1. The summed E-state index contributed by atoms with van der Waals surface area (Å²) in [6.45, 7) is 7.03. The van der Waals surface area contributed by atoms with Crippen molar-refractivity contribution < 1.29 is 14.6 Å². The largest absolute Gasteiger partial charge is 0.504 e. The van der Waals surface area contributed by atoms with Gasteiger partial charge in [0.1, 0.15) is 0 Å². The van der Waals surface area contributed by atoms with Gasteiger partial charge in [-0.3, -0.25) is 0 Å². The van der Waals surface area contributed by atoms with Gasteiger partial charge in [0.05, 0.1) is 12.7 Å². The fraction of sp³-hybridized carbons (Fsp3) is 0.647. The summed E-state index contributed by atoms with van der Waals surface area (Å²) in [5.74, 6) is 1.46. The first-order valence-electron chi connectivity index (χ1n) is 7.71. The lowest BCUT2D eigenvalue weighted by molar-refractivity contribution is -0.0733. The van der Waals surface area contributed by atoms with Crippen LogP contribution in [0.15, 0.2) is 18.2 Å². The molecule has 1 saturated heterocycles. The van der Waals surface area contributed by atoms with Crippen LogP contribution in [0, 0.1) is 5.92 Å². The summed E-state index contributed by atoms with van der Waals surface area (Å²) in [5, 5.41) is 13.0. The van der Waals surface area contributed by atoms with E-state index in [0.29, 0.717) is 5.75 Å². The summed E-state index contributed by atoms with van der Waals surface area (Å²) < 4.78 is 10.9. The first-order chi connectivity index (χ1) is 10.00. The topological polar surface area (TPSA) is 50.7 Å². The van der Waals surface area contributed by atoms with Gasteiger partial charge >= 0.3 is 0 Å². The summed E-state index contributed by atoms with van der Waals surface area (Å²) in [5.41, 5.74) is 1.16. The molecule has 21 heavy (non-hydrogen) atoms. The van der Waals surface area contributed by atoms with E-state index in [1.54, 1.807) is 13.2 Å². The van der Waals surface area contributed by atoms with Crippen LogP contribution in [0.2, 0.25) is 0 Å². The van der Waals surface area contributed by atoms with E-state index < -0.39 is 0 Å². The number of hydrogen-bond donors (Lipinski definition) is 2. The zero-order chi connectivity index (χ0) is 15.3. The van der Waals surface area contributed by atoms with Crippen LogP contribution in [0.25, 0.3) is 0 Å². The van der Waals surface area contributed by atoms with E-state index in [-0.39, 0.29) is 11.4 Å². The van der Waals surface area contributed by atoms with E-state index in [0.717, 1.165) is 44.0 Å². The molecule has 1 atom stereocenters. The van der Waals surface area contributed by atoms with Crippen LogP contribution in [0.1, 0.15) is 38.7 Å². The minimum Gasteiger partial charge on any atom is -0.504 e. The molecular weight excluding hydrogens is 266 g/mol.